The summed E-state index contributed by atoms with van der Waals surface area (Å²) in [6, 6.07) is 6.44. The fourth-order valence-corrected chi connectivity index (χ4v) is 3.54. The molecule has 2 aromatic rings. The highest BCUT2D eigenvalue weighted by Gasteiger charge is 2.19. The van der Waals surface area contributed by atoms with Gasteiger partial charge in [0.15, 0.2) is 0 Å². The van der Waals surface area contributed by atoms with Crippen molar-refractivity contribution >= 4 is 21.6 Å². The molecule has 0 radical (unpaired) electrons. The van der Waals surface area contributed by atoms with E-state index in [0.717, 1.165) is 5.56 Å². The lowest BCUT2D eigenvalue weighted by atomic mass is 10.1. The van der Waals surface area contributed by atoms with Gasteiger partial charge in [0.05, 0.1) is 11.5 Å². The van der Waals surface area contributed by atoms with Gasteiger partial charge in [-0.25, -0.2) is 13.1 Å². The van der Waals surface area contributed by atoms with Gasteiger partial charge in [0, 0.05) is 24.0 Å². The minimum Gasteiger partial charge on any atom is -0.392 e. The maximum atomic E-state index is 12.4. The molecular formula is C14H15ClN2O3S. The van der Waals surface area contributed by atoms with E-state index >= 15 is 0 Å². The van der Waals surface area contributed by atoms with Gasteiger partial charge < -0.3 is 5.11 Å². The van der Waals surface area contributed by atoms with Crippen molar-refractivity contribution in [2.45, 2.75) is 25.0 Å². The van der Waals surface area contributed by atoms with Gasteiger partial charge >= 0.3 is 0 Å². The maximum Gasteiger partial charge on any atom is 0.241 e. The average molecular weight is 327 g/mol. The first-order valence-electron chi connectivity index (χ1n) is 6.22. The summed E-state index contributed by atoms with van der Waals surface area (Å²) in [5, 5.41) is 9.53. The number of hydrogen-bond acceptors (Lipinski definition) is 4. The fourth-order valence-electron chi connectivity index (χ4n) is 1.91. The Labute approximate surface area is 128 Å². The lowest BCUT2D eigenvalue weighted by Gasteiger charge is -2.12. The van der Waals surface area contributed by atoms with Gasteiger partial charge in [-0.1, -0.05) is 17.7 Å². The van der Waals surface area contributed by atoms with Gasteiger partial charge in [-0.2, -0.15) is 0 Å². The van der Waals surface area contributed by atoms with Crippen LogP contribution in [0.4, 0.5) is 0 Å². The van der Waals surface area contributed by atoms with Crippen molar-refractivity contribution in [1.82, 2.24) is 9.71 Å². The van der Waals surface area contributed by atoms with Crippen molar-refractivity contribution in [1.29, 1.82) is 0 Å². The van der Waals surface area contributed by atoms with Crippen LogP contribution < -0.4 is 4.72 Å². The van der Waals surface area contributed by atoms with Crippen molar-refractivity contribution in [2.24, 2.45) is 0 Å². The monoisotopic (exact) mass is 326 g/mol. The van der Waals surface area contributed by atoms with Gasteiger partial charge in [0.25, 0.3) is 0 Å². The lowest BCUT2D eigenvalue weighted by Crippen LogP contribution is -2.24. The van der Waals surface area contributed by atoms with Crippen LogP contribution in [0.15, 0.2) is 41.6 Å². The Morgan fingerprint density at radius 3 is 2.76 bits per heavy atom. The number of aromatic nitrogens is 1. The predicted molar refractivity (Wildman–Crippen MR) is 80.4 cm³/mol. The third kappa shape index (κ3) is 3.79. The van der Waals surface area contributed by atoms with Gasteiger partial charge in [-0.3, -0.25) is 4.98 Å². The van der Waals surface area contributed by atoms with E-state index in [-0.39, 0.29) is 23.1 Å². The van der Waals surface area contributed by atoms with Gasteiger partial charge in [-0.05, 0) is 41.8 Å². The van der Waals surface area contributed by atoms with E-state index in [9.17, 15) is 13.5 Å². The van der Waals surface area contributed by atoms with Gasteiger partial charge in [0.2, 0.25) is 10.0 Å². The molecular weight excluding hydrogens is 312 g/mol. The quantitative estimate of drug-likeness (QED) is 0.881. The second-order valence-corrected chi connectivity index (χ2v) is 6.70. The Morgan fingerprint density at radius 1 is 1.38 bits per heavy atom. The van der Waals surface area contributed by atoms with Crippen LogP contribution in [0.2, 0.25) is 5.02 Å². The summed E-state index contributed by atoms with van der Waals surface area (Å²) in [5.41, 5.74) is 1.73. The molecule has 1 aromatic carbocycles. The number of rotatable bonds is 5. The second kappa shape index (κ2) is 6.53. The van der Waals surface area contributed by atoms with Crippen molar-refractivity contribution in [3.63, 3.8) is 0 Å². The Kier molecular flexibility index (Phi) is 4.95. The average Bonchev–Trinajstić information content (AvgIpc) is 2.48. The number of aliphatic hydroxyl groups is 1. The van der Waals surface area contributed by atoms with Crippen molar-refractivity contribution in [3.8, 4) is 0 Å². The second-order valence-electron chi connectivity index (χ2n) is 4.53. The summed E-state index contributed by atoms with van der Waals surface area (Å²) in [4.78, 5) is 4.00. The van der Waals surface area contributed by atoms with E-state index in [1.807, 2.05) is 0 Å². The molecule has 0 saturated heterocycles. The minimum absolute atomic E-state index is 0.0722. The highest BCUT2D eigenvalue weighted by Crippen LogP contribution is 2.24. The summed E-state index contributed by atoms with van der Waals surface area (Å²) in [6.07, 6.45) is 3.21. The van der Waals surface area contributed by atoms with E-state index in [1.54, 1.807) is 37.5 Å². The van der Waals surface area contributed by atoms with Crippen LogP contribution in [0.25, 0.3) is 0 Å². The molecule has 1 heterocycles. The molecule has 0 atom stereocenters. The molecule has 0 aliphatic rings. The maximum absolute atomic E-state index is 12.4. The van der Waals surface area contributed by atoms with E-state index in [2.05, 4.69) is 9.71 Å². The van der Waals surface area contributed by atoms with Crippen LogP contribution in [-0.4, -0.2) is 18.5 Å². The largest absolute Gasteiger partial charge is 0.392 e. The van der Waals surface area contributed by atoms with Crippen molar-refractivity contribution < 1.29 is 13.5 Å². The Balaban J connectivity index is 2.30. The molecule has 0 saturated carbocycles. The van der Waals surface area contributed by atoms with Crippen molar-refractivity contribution in [2.75, 3.05) is 0 Å². The SMILES string of the molecule is Cc1c(CO)cc(Cl)cc1S(=O)(=O)NCc1cccnc1. The lowest BCUT2D eigenvalue weighted by molar-refractivity contribution is 0.280. The van der Waals surface area contributed by atoms with E-state index in [0.29, 0.717) is 11.1 Å². The first kappa shape index (κ1) is 15.9. The number of sulfonamides is 1. The number of halogens is 1. The molecule has 0 aliphatic carbocycles. The van der Waals surface area contributed by atoms with Crippen LogP contribution in [0, 0.1) is 6.92 Å². The van der Waals surface area contributed by atoms with Crippen LogP contribution in [0.1, 0.15) is 16.7 Å². The highest BCUT2D eigenvalue weighted by molar-refractivity contribution is 7.89. The molecule has 0 amide bonds. The molecule has 112 valence electrons. The molecule has 0 unspecified atom stereocenters. The number of pyridine rings is 1. The smallest absolute Gasteiger partial charge is 0.241 e. The number of aliphatic hydroxyl groups excluding tert-OH is 1. The first-order chi connectivity index (χ1) is 9.94. The first-order valence-corrected chi connectivity index (χ1v) is 8.08. The zero-order valence-corrected chi connectivity index (χ0v) is 12.9. The Bertz CT molecular complexity index is 733. The molecule has 1 aromatic heterocycles. The Hall–Kier alpha value is -1.47. The summed E-state index contributed by atoms with van der Waals surface area (Å²) >= 11 is 5.91. The predicted octanol–water partition coefficient (Wildman–Crippen LogP) is 2.01. The number of nitrogens with one attached hydrogen (secondary N) is 1. The molecule has 0 spiro atoms. The van der Waals surface area contributed by atoms with Crippen LogP contribution >= 0.6 is 11.6 Å². The van der Waals surface area contributed by atoms with E-state index in [4.69, 9.17) is 11.6 Å². The molecule has 2 N–H and O–H groups in total. The topological polar surface area (TPSA) is 79.3 Å². The normalized spacial score (nSPS) is 11.6. The fraction of sp³-hybridized carbons (Fsp3) is 0.214. The van der Waals surface area contributed by atoms with E-state index < -0.39 is 10.0 Å². The zero-order valence-electron chi connectivity index (χ0n) is 11.4. The van der Waals surface area contributed by atoms with Gasteiger partial charge in [0.1, 0.15) is 0 Å². The summed E-state index contributed by atoms with van der Waals surface area (Å²) in [7, 11) is -3.72. The van der Waals surface area contributed by atoms with Crippen molar-refractivity contribution in [3.05, 3.63) is 58.4 Å². The summed E-state index contributed by atoms with van der Waals surface area (Å²) in [5.74, 6) is 0. The standard InChI is InChI=1S/C14H15ClN2O3S/c1-10-12(9-18)5-13(15)6-14(10)21(19,20)17-8-11-3-2-4-16-7-11/h2-7,17-18H,8-9H2,1H3. The molecule has 0 fully saturated rings. The molecule has 5 nitrogen and oxygen atoms in total. The Morgan fingerprint density at radius 2 is 2.14 bits per heavy atom. The van der Waals surface area contributed by atoms with E-state index in [1.165, 1.54) is 6.07 Å². The molecule has 0 aliphatic heterocycles. The van der Waals surface area contributed by atoms with Gasteiger partial charge in [-0.15, -0.1) is 0 Å². The number of benzene rings is 1. The molecule has 21 heavy (non-hydrogen) atoms. The third-order valence-electron chi connectivity index (χ3n) is 3.08. The molecule has 2 rings (SSSR count). The number of nitrogens with zero attached hydrogens (tertiary/aromatic N) is 1. The third-order valence-corrected chi connectivity index (χ3v) is 4.83. The highest BCUT2D eigenvalue weighted by atomic mass is 35.5. The van der Waals surface area contributed by atoms with Crippen LogP contribution in [-0.2, 0) is 23.2 Å². The molecule has 7 heteroatoms. The minimum atomic E-state index is -3.72. The summed E-state index contributed by atoms with van der Waals surface area (Å²) < 4.78 is 27.3. The zero-order chi connectivity index (χ0) is 15.5. The number of hydrogen-bond donors (Lipinski definition) is 2. The summed E-state index contributed by atoms with van der Waals surface area (Å²) in [6.45, 7) is 1.51. The molecule has 0 bridgehead atoms. The van der Waals surface area contributed by atoms with Crippen LogP contribution in [0.5, 0.6) is 0 Å². The van der Waals surface area contributed by atoms with Crippen LogP contribution in [0.3, 0.4) is 0 Å².